The highest BCUT2D eigenvalue weighted by Gasteiger charge is 2.30. The van der Waals surface area contributed by atoms with E-state index >= 15 is 0 Å². The Bertz CT molecular complexity index is 1110. The third-order valence-corrected chi connectivity index (χ3v) is 6.35. The lowest BCUT2D eigenvalue weighted by atomic mass is 9.86. The molecule has 2 aromatic heterocycles. The number of aromatic nitrogens is 2. The first kappa shape index (κ1) is 16.3. The normalized spacial score (nSPS) is 16.5. The van der Waals surface area contributed by atoms with Gasteiger partial charge in [0.25, 0.3) is 5.91 Å². The summed E-state index contributed by atoms with van der Waals surface area (Å²) in [6.45, 7) is 1.33. The summed E-state index contributed by atoms with van der Waals surface area (Å²) in [6.07, 6.45) is 3.96. The maximum atomic E-state index is 13.3. The van der Waals surface area contributed by atoms with Crippen molar-refractivity contribution in [3.05, 3.63) is 88.6 Å². The van der Waals surface area contributed by atoms with Gasteiger partial charge in [0.05, 0.1) is 11.1 Å². The van der Waals surface area contributed by atoms with Crippen molar-refractivity contribution in [1.82, 2.24) is 14.7 Å². The van der Waals surface area contributed by atoms with E-state index in [9.17, 15) is 4.79 Å². The van der Waals surface area contributed by atoms with Gasteiger partial charge in [-0.1, -0.05) is 42.5 Å². The molecule has 1 aliphatic rings. The predicted octanol–water partition coefficient (Wildman–Crippen LogP) is 4.42. The van der Waals surface area contributed by atoms with Crippen molar-refractivity contribution in [2.45, 2.75) is 12.5 Å². The van der Waals surface area contributed by atoms with E-state index < -0.39 is 0 Å². The van der Waals surface area contributed by atoms with Gasteiger partial charge in [-0.25, -0.2) is 0 Å². The molecule has 0 aliphatic carbocycles. The van der Waals surface area contributed by atoms with Crippen molar-refractivity contribution in [3.8, 4) is 0 Å². The van der Waals surface area contributed by atoms with E-state index in [1.54, 1.807) is 11.3 Å². The molecular weight excluding hydrogens is 354 g/mol. The molecule has 1 aliphatic heterocycles. The third kappa shape index (κ3) is 2.84. The molecular formula is C22H19N3OS. The number of fused-ring (bicyclic) bond motifs is 2. The van der Waals surface area contributed by atoms with Crippen LogP contribution in [-0.2, 0) is 13.6 Å². The number of hydrogen-bond acceptors (Lipinski definition) is 3. The number of amides is 1. The monoisotopic (exact) mass is 373 g/mol. The summed E-state index contributed by atoms with van der Waals surface area (Å²) in [5.74, 6) is 0.265. The lowest BCUT2D eigenvalue weighted by molar-refractivity contribution is 0.0730. The molecule has 4 aromatic rings. The molecule has 134 valence electrons. The number of nitrogens with zero attached hydrogens (tertiary/aromatic N) is 3. The van der Waals surface area contributed by atoms with Crippen molar-refractivity contribution >= 4 is 27.3 Å². The topological polar surface area (TPSA) is 38.1 Å². The maximum Gasteiger partial charge on any atom is 0.264 e. The molecule has 4 nitrogen and oxygen atoms in total. The highest BCUT2D eigenvalue weighted by atomic mass is 32.1. The molecule has 3 heterocycles. The standard InChI is InChI=1S/C22H19N3OS/c1-24-12-17(11-23-24)19-14-25(13-16-7-2-4-8-18(16)19)22(26)21-10-15-6-3-5-9-20(15)27-21/h2-12,19H,13-14H2,1H3/t19-/m1/s1. The van der Waals surface area contributed by atoms with Gasteiger partial charge in [-0.3, -0.25) is 9.48 Å². The second-order valence-electron chi connectivity index (χ2n) is 7.03. The number of carbonyl (C=O) groups excluding carboxylic acids is 1. The summed E-state index contributed by atoms with van der Waals surface area (Å²) in [5.41, 5.74) is 3.66. The van der Waals surface area contributed by atoms with E-state index in [1.165, 1.54) is 11.1 Å². The van der Waals surface area contributed by atoms with Crippen molar-refractivity contribution in [2.24, 2.45) is 7.05 Å². The van der Waals surface area contributed by atoms with Gasteiger partial charge in [-0.15, -0.1) is 11.3 Å². The minimum Gasteiger partial charge on any atom is -0.333 e. The maximum absolute atomic E-state index is 13.3. The Balaban J connectivity index is 1.52. The first-order valence-corrected chi connectivity index (χ1v) is 9.85. The first-order chi connectivity index (χ1) is 13.2. The fraction of sp³-hybridized carbons (Fsp3) is 0.182. The van der Waals surface area contributed by atoms with Crippen LogP contribution in [0.3, 0.4) is 0 Å². The van der Waals surface area contributed by atoms with Gasteiger partial charge in [0.15, 0.2) is 0 Å². The predicted molar refractivity (Wildman–Crippen MR) is 108 cm³/mol. The van der Waals surface area contributed by atoms with Crippen LogP contribution in [0, 0.1) is 0 Å². The molecule has 0 unspecified atom stereocenters. The van der Waals surface area contributed by atoms with Crippen LogP contribution in [0.4, 0.5) is 0 Å². The Morgan fingerprint density at radius 3 is 2.78 bits per heavy atom. The Hall–Kier alpha value is -2.92. The van der Waals surface area contributed by atoms with E-state index in [-0.39, 0.29) is 11.8 Å². The van der Waals surface area contributed by atoms with Crippen LogP contribution in [0.2, 0.25) is 0 Å². The zero-order valence-corrected chi connectivity index (χ0v) is 15.8. The van der Waals surface area contributed by atoms with E-state index in [2.05, 4.69) is 41.6 Å². The van der Waals surface area contributed by atoms with E-state index in [1.807, 2.05) is 47.1 Å². The minimum atomic E-state index is 0.111. The average molecular weight is 373 g/mol. The molecule has 0 fully saturated rings. The third-order valence-electron chi connectivity index (χ3n) is 5.25. The van der Waals surface area contributed by atoms with Crippen molar-refractivity contribution < 1.29 is 4.79 Å². The number of hydrogen-bond donors (Lipinski definition) is 0. The molecule has 0 saturated heterocycles. The van der Waals surface area contributed by atoms with Crippen LogP contribution in [0.1, 0.15) is 32.3 Å². The number of thiophene rings is 1. The lowest BCUT2D eigenvalue weighted by Gasteiger charge is -2.34. The Morgan fingerprint density at radius 2 is 1.96 bits per heavy atom. The lowest BCUT2D eigenvalue weighted by Crippen LogP contribution is -2.38. The molecule has 1 amide bonds. The SMILES string of the molecule is Cn1cc([C@H]2CN(C(=O)c3cc4ccccc4s3)Cc3ccccc32)cn1. The number of rotatable bonds is 2. The fourth-order valence-electron chi connectivity index (χ4n) is 3.91. The van der Waals surface area contributed by atoms with Crippen LogP contribution in [0.25, 0.3) is 10.1 Å². The van der Waals surface area contributed by atoms with Crippen LogP contribution in [0.15, 0.2) is 67.0 Å². The molecule has 2 aromatic carbocycles. The fourth-order valence-corrected chi connectivity index (χ4v) is 4.94. The molecule has 0 radical (unpaired) electrons. The molecule has 0 bridgehead atoms. The summed E-state index contributed by atoms with van der Waals surface area (Å²) in [4.78, 5) is 16.1. The number of carbonyl (C=O) groups is 1. The molecule has 27 heavy (non-hydrogen) atoms. The van der Waals surface area contributed by atoms with E-state index in [0.29, 0.717) is 13.1 Å². The van der Waals surface area contributed by atoms with Crippen molar-refractivity contribution in [2.75, 3.05) is 6.54 Å². The van der Waals surface area contributed by atoms with Gasteiger partial charge in [-0.05, 0) is 34.2 Å². The molecule has 0 spiro atoms. The molecule has 5 heteroatoms. The highest BCUT2D eigenvalue weighted by Crippen LogP contribution is 2.35. The van der Waals surface area contributed by atoms with Gasteiger partial charge in [-0.2, -0.15) is 5.10 Å². The molecule has 1 atom stereocenters. The average Bonchev–Trinajstić information content (AvgIpc) is 3.32. The second-order valence-corrected chi connectivity index (χ2v) is 8.12. The van der Waals surface area contributed by atoms with Gasteiger partial charge >= 0.3 is 0 Å². The Morgan fingerprint density at radius 1 is 1.15 bits per heavy atom. The van der Waals surface area contributed by atoms with Gasteiger partial charge in [0, 0.05) is 37.0 Å². The molecule has 5 rings (SSSR count). The van der Waals surface area contributed by atoms with Gasteiger partial charge in [0.1, 0.15) is 0 Å². The highest BCUT2D eigenvalue weighted by molar-refractivity contribution is 7.20. The quantitative estimate of drug-likeness (QED) is 0.522. The smallest absolute Gasteiger partial charge is 0.264 e. The number of aryl methyl sites for hydroxylation is 1. The summed E-state index contributed by atoms with van der Waals surface area (Å²) < 4.78 is 2.98. The van der Waals surface area contributed by atoms with Crippen LogP contribution in [-0.4, -0.2) is 27.1 Å². The zero-order valence-electron chi connectivity index (χ0n) is 15.0. The largest absolute Gasteiger partial charge is 0.333 e. The molecule has 0 N–H and O–H groups in total. The first-order valence-electron chi connectivity index (χ1n) is 9.03. The van der Waals surface area contributed by atoms with Crippen LogP contribution < -0.4 is 0 Å². The van der Waals surface area contributed by atoms with Crippen molar-refractivity contribution in [3.63, 3.8) is 0 Å². The Kier molecular flexibility index (Phi) is 3.83. The van der Waals surface area contributed by atoms with Crippen LogP contribution in [0.5, 0.6) is 0 Å². The van der Waals surface area contributed by atoms with E-state index in [4.69, 9.17) is 0 Å². The molecule has 0 saturated carbocycles. The summed E-state index contributed by atoms with van der Waals surface area (Å²) in [7, 11) is 1.93. The van der Waals surface area contributed by atoms with Crippen molar-refractivity contribution in [1.29, 1.82) is 0 Å². The summed E-state index contributed by atoms with van der Waals surface area (Å²) in [5, 5.41) is 5.47. The summed E-state index contributed by atoms with van der Waals surface area (Å²) >= 11 is 1.57. The van der Waals surface area contributed by atoms with Gasteiger partial charge < -0.3 is 4.90 Å². The van der Waals surface area contributed by atoms with Gasteiger partial charge in [0.2, 0.25) is 0 Å². The second kappa shape index (κ2) is 6.35. The Labute approximate surface area is 161 Å². The minimum absolute atomic E-state index is 0.111. The summed E-state index contributed by atoms with van der Waals surface area (Å²) in [6, 6.07) is 18.6. The van der Waals surface area contributed by atoms with E-state index in [0.717, 1.165) is 20.5 Å². The van der Waals surface area contributed by atoms with Crippen LogP contribution >= 0.6 is 11.3 Å². The number of benzene rings is 2. The zero-order chi connectivity index (χ0) is 18.4.